The normalized spacial score (nSPS) is 18.2. The van der Waals surface area contributed by atoms with E-state index in [0.29, 0.717) is 41.4 Å². The SMILES string of the molecule is COc1ccc(OCc2cc(C3C(C#N)=C(N)N(c4cccc(Cl)c4)C4=C3C(=O)CC(C)(C)C4)c(C)cc2C)cc1. The molecule has 3 aromatic rings. The molecule has 6 nitrogen and oxygen atoms in total. The second-order valence-electron chi connectivity index (χ2n) is 11.6. The van der Waals surface area contributed by atoms with Crippen molar-refractivity contribution in [1.29, 1.82) is 5.26 Å². The Morgan fingerprint density at radius 2 is 1.76 bits per heavy atom. The summed E-state index contributed by atoms with van der Waals surface area (Å²) in [5.41, 5.74) is 13.0. The smallest absolute Gasteiger partial charge is 0.162 e. The number of ketones is 1. The molecule has 2 aliphatic rings. The highest BCUT2D eigenvalue weighted by atomic mass is 35.5. The van der Waals surface area contributed by atoms with E-state index >= 15 is 0 Å². The van der Waals surface area contributed by atoms with Crippen LogP contribution in [0, 0.1) is 30.6 Å². The van der Waals surface area contributed by atoms with Crippen LogP contribution in [0.3, 0.4) is 0 Å². The highest BCUT2D eigenvalue weighted by Crippen LogP contribution is 2.51. The van der Waals surface area contributed by atoms with Crippen molar-refractivity contribution in [2.75, 3.05) is 12.0 Å². The van der Waals surface area contributed by atoms with Gasteiger partial charge >= 0.3 is 0 Å². The number of nitrogens with two attached hydrogens (primary N) is 1. The van der Waals surface area contributed by atoms with Crippen LogP contribution in [0.4, 0.5) is 5.69 Å². The van der Waals surface area contributed by atoms with Crippen molar-refractivity contribution in [2.45, 2.75) is 53.1 Å². The Morgan fingerprint density at radius 3 is 2.41 bits per heavy atom. The lowest BCUT2D eigenvalue weighted by atomic mass is 9.68. The second kappa shape index (κ2) is 11.0. The summed E-state index contributed by atoms with van der Waals surface area (Å²) in [6.45, 7) is 8.57. The van der Waals surface area contributed by atoms with E-state index in [-0.39, 0.29) is 11.2 Å². The molecule has 0 spiro atoms. The third-order valence-electron chi connectivity index (χ3n) is 7.94. The molecule has 1 heterocycles. The van der Waals surface area contributed by atoms with Crippen LogP contribution < -0.4 is 20.1 Å². The van der Waals surface area contributed by atoms with Gasteiger partial charge in [0.2, 0.25) is 0 Å². The molecular formula is C34H34ClN3O3. The van der Waals surface area contributed by atoms with Crippen LogP contribution >= 0.6 is 11.6 Å². The van der Waals surface area contributed by atoms with Crippen LogP contribution in [0.15, 0.2) is 83.3 Å². The molecule has 0 saturated carbocycles. The standard InChI is InChI=1S/C34H34ClN3O3/c1-20-13-21(2)27(14-22(20)19-41-26-11-9-25(40-5)10-12-26)31-28(18-36)33(37)38(24-8-6-7-23(35)15-24)29-16-34(3,4)17-30(39)32(29)31/h6-15,31H,16-17,19,37H2,1-5H3. The van der Waals surface area contributed by atoms with Gasteiger partial charge in [-0.15, -0.1) is 0 Å². The third kappa shape index (κ3) is 5.42. The molecule has 3 aromatic carbocycles. The number of nitrogens with zero attached hydrogens (tertiary/aromatic N) is 2. The molecule has 1 atom stereocenters. The van der Waals surface area contributed by atoms with E-state index in [4.69, 9.17) is 26.8 Å². The summed E-state index contributed by atoms with van der Waals surface area (Å²) >= 11 is 6.36. The molecule has 0 bridgehead atoms. The maximum Gasteiger partial charge on any atom is 0.162 e. The lowest BCUT2D eigenvalue weighted by molar-refractivity contribution is -0.118. The number of nitriles is 1. The molecule has 1 aliphatic carbocycles. The highest BCUT2D eigenvalue weighted by molar-refractivity contribution is 6.30. The number of allylic oxidation sites excluding steroid dienone is 3. The number of anilines is 1. The van der Waals surface area contributed by atoms with Gasteiger partial charge in [-0.1, -0.05) is 43.6 Å². The first kappa shape index (κ1) is 28.3. The number of benzene rings is 3. The summed E-state index contributed by atoms with van der Waals surface area (Å²) in [6, 6.07) is 21.3. The van der Waals surface area contributed by atoms with Gasteiger partial charge in [-0.25, -0.2) is 0 Å². The van der Waals surface area contributed by atoms with E-state index < -0.39 is 5.92 Å². The van der Waals surface area contributed by atoms with Gasteiger partial charge in [-0.3, -0.25) is 9.69 Å². The van der Waals surface area contributed by atoms with Gasteiger partial charge in [-0.2, -0.15) is 5.26 Å². The topological polar surface area (TPSA) is 88.6 Å². The van der Waals surface area contributed by atoms with Crippen molar-refractivity contribution in [1.82, 2.24) is 0 Å². The zero-order valence-corrected chi connectivity index (χ0v) is 24.8. The monoisotopic (exact) mass is 567 g/mol. The Kier molecular flexibility index (Phi) is 7.59. The van der Waals surface area contributed by atoms with Crippen LogP contribution in [0.5, 0.6) is 11.5 Å². The fourth-order valence-corrected chi connectivity index (χ4v) is 6.13. The number of methoxy groups -OCH3 is 1. The van der Waals surface area contributed by atoms with Gasteiger partial charge in [0, 0.05) is 28.4 Å². The zero-order chi connectivity index (χ0) is 29.5. The number of aryl methyl sites for hydroxylation is 2. The third-order valence-corrected chi connectivity index (χ3v) is 8.17. The van der Waals surface area contributed by atoms with Crippen molar-refractivity contribution >= 4 is 23.1 Å². The maximum atomic E-state index is 13.9. The second-order valence-corrected chi connectivity index (χ2v) is 12.0. The minimum atomic E-state index is -0.575. The Labute approximate surface area is 246 Å². The Morgan fingerprint density at radius 1 is 1.05 bits per heavy atom. The van der Waals surface area contributed by atoms with Crippen LogP contribution in [0.25, 0.3) is 0 Å². The van der Waals surface area contributed by atoms with Crippen molar-refractivity contribution in [3.05, 3.63) is 111 Å². The number of halogens is 1. The van der Waals surface area contributed by atoms with Gasteiger partial charge < -0.3 is 15.2 Å². The number of carbonyl (C=O) groups is 1. The fraction of sp³-hybridized carbons (Fsp3) is 0.294. The molecule has 41 heavy (non-hydrogen) atoms. The summed E-state index contributed by atoms with van der Waals surface area (Å²) in [6.07, 6.45) is 1.03. The first-order chi connectivity index (χ1) is 19.5. The number of ether oxygens (including phenoxy) is 2. The van der Waals surface area contributed by atoms with E-state index in [9.17, 15) is 10.1 Å². The number of carbonyl (C=O) groups excluding carboxylic acids is 1. The van der Waals surface area contributed by atoms with Gasteiger partial charge in [-0.05, 0) is 90.4 Å². The molecule has 7 heteroatoms. The lowest BCUT2D eigenvalue weighted by Gasteiger charge is -2.44. The van der Waals surface area contributed by atoms with Gasteiger partial charge in [0.15, 0.2) is 5.78 Å². The van der Waals surface area contributed by atoms with E-state index in [2.05, 4.69) is 32.0 Å². The molecule has 0 radical (unpaired) electrons. The van der Waals surface area contributed by atoms with E-state index in [1.807, 2.05) is 61.2 Å². The van der Waals surface area contributed by atoms with Gasteiger partial charge in [0.25, 0.3) is 0 Å². The Bertz CT molecular complexity index is 1630. The quantitative estimate of drug-likeness (QED) is 0.332. The number of hydrogen-bond acceptors (Lipinski definition) is 6. The average Bonchev–Trinajstić information content (AvgIpc) is 2.92. The number of rotatable bonds is 6. The molecule has 5 rings (SSSR count). The number of hydrogen-bond donors (Lipinski definition) is 1. The summed E-state index contributed by atoms with van der Waals surface area (Å²) in [5.74, 6) is 1.26. The molecule has 1 unspecified atom stereocenters. The fourth-order valence-electron chi connectivity index (χ4n) is 5.95. The number of Topliss-reactive ketones (excluding diaryl/α,β-unsaturated/α-hetero) is 1. The van der Waals surface area contributed by atoms with Crippen molar-refractivity contribution < 1.29 is 14.3 Å². The van der Waals surface area contributed by atoms with Crippen molar-refractivity contribution in [3.63, 3.8) is 0 Å². The van der Waals surface area contributed by atoms with Crippen LogP contribution in [0.2, 0.25) is 5.02 Å². The first-order valence-electron chi connectivity index (χ1n) is 13.6. The van der Waals surface area contributed by atoms with Gasteiger partial charge in [0.05, 0.1) is 24.7 Å². The Hall–Kier alpha value is -4.21. The van der Waals surface area contributed by atoms with Crippen LogP contribution in [-0.2, 0) is 11.4 Å². The molecule has 0 amide bonds. The zero-order valence-electron chi connectivity index (χ0n) is 24.0. The molecule has 210 valence electrons. The van der Waals surface area contributed by atoms with E-state index in [1.165, 1.54) is 0 Å². The molecule has 0 fully saturated rings. The summed E-state index contributed by atoms with van der Waals surface area (Å²) in [4.78, 5) is 15.8. The molecule has 0 aromatic heterocycles. The lowest BCUT2D eigenvalue weighted by Crippen LogP contribution is -2.42. The van der Waals surface area contributed by atoms with Crippen LogP contribution in [0.1, 0.15) is 54.9 Å². The average molecular weight is 568 g/mol. The molecule has 0 saturated heterocycles. The van der Waals surface area contributed by atoms with Crippen LogP contribution in [-0.4, -0.2) is 12.9 Å². The summed E-state index contributed by atoms with van der Waals surface area (Å²) < 4.78 is 11.4. The first-order valence-corrected chi connectivity index (χ1v) is 14.0. The minimum Gasteiger partial charge on any atom is -0.497 e. The van der Waals surface area contributed by atoms with Gasteiger partial charge in [0.1, 0.15) is 23.9 Å². The Balaban J connectivity index is 1.63. The molecule has 1 aliphatic heterocycles. The van der Waals surface area contributed by atoms with E-state index in [1.54, 1.807) is 13.2 Å². The minimum absolute atomic E-state index is 0.0320. The predicted molar refractivity (Wildman–Crippen MR) is 162 cm³/mol. The highest BCUT2D eigenvalue weighted by Gasteiger charge is 2.45. The maximum absolute atomic E-state index is 13.9. The van der Waals surface area contributed by atoms with Crippen molar-refractivity contribution in [3.8, 4) is 17.6 Å². The largest absolute Gasteiger partial charge is 0.497 e. The van der Waals surface area contributed by atoms with E-state index in [0.717, 1.165) is 45.1 Å². The summed E-state index contributed by atoms with van der Waals surface area (Å²) in [7, 11) is 1.63. The summed E-state index contributed by atoms with van der Waals surface area (Å²) in [5, 5.41) is 11.0. The predicted octanol–water partition coefficient (Wildman–Crippen LogP) is 7.49. The molecular weight excluding hydrogens is 534 g/mol. The van der Waals surface area contributed by atoms with Crippen molar-refractivity contribution in [2.24, 2.45) is 11.1 Å². The molecule has 2 N–H and O–H groups in total.